The molecule has 3 nitrogen and oxygen atoms in total. The summed E-state index contributed by atoms with van der Waals surface area (Å²) in [6, 6.07) is 0.361. The molecule has 0 saturated heterocycles. The zero-order chi connectivity index (χ0) is 9.14. The van der Waals surface area contributed by atoms with Gasteiger partial charge >= 0.3 is 0 Å². The summed E-state index contributed by atoms with van der Waals surface area (Å²) in [6.45, 7) is 1.86. The molecule has 0 heterocycles. The van der Waals surface area contributed by atoms with E-state index >= 15 is 0 Å². The van der Waals surface area contributed by atoms with Crippen LogP contribution < -0.4 is 0 Å². The van der Waals surface area contributed by atoms with Crippen LogP contribution in [0, 0.1) is 5.92 Å². The first-order chi connectivity index (χ1) is 5.65. The van der Waals surface area contributed by atoms with E-state index < -0.39 is 0 Å². The third-order valence-electron chi connectivity index (χ3n) is 2.82. The van der Waals surface area contributed by atoms with E-state index in [1.54, 1.807) is 11.8 Å². The van der Waals surface area contributed by atoms with Crippen molar-refractivity contribution in [2.45, 2.75) is 32.2 Å². The zero-order valence-corrected chi connectivity index (χ0v) is 7.79. The quantitative estimate of drug-likeness (QED) is 0.662. The summed E-state index contributed by atoms with van der Waals surface area (Å²) >= 11 is 0. The smallest absolute Gasteiger partial charge is 0.219 e. The van der Waals surface area contributed by atoms with Crippen LogP contribution in [-0.4, -0.2) is 35.6 Å². The van der Waals surface area contributed by atoms with Crippen LogP contribution in [0.1, 0.15) is 26.2 Å². The lowest BCUT2D eigenvalue weighted by atomic mass is 10.1. The lowest BCUT2D eigenvalue weighted by Gasteiger charge is -2.22. The third kappa shape index (κ3) is 1.97. The van der Waals surface area contributed by atoms with Crippen molar-refractivity contribution < 1.29 is 9.90 Å². The maximum absolute atomic E-state index is 11.0. The van der Waals surface area contributed by atoms with Gasteiger partial charge in [-0.2, -0.15) is 0 Å². The molecule has 1 aliphatic carbocycles. The van der Waals surface area contributed by atoms with Gasteiger partial charge in [-0.3, -0.25) is 4.79 Å². The second kappa shape index (κ2) is 3.90. The second-order valence-electron chi connectivity index (χ2n) is 3.65. The number of nitrogens with zero attached hydrogens (tertiary/aromatic N) is 1. The standard InChI is InChI=1S/C9H17NO2/c1-7(12)10(2)9-4-3-8(5-9)6-11/h8-9,11H,3-6H2,1-2H3. The lowest BCUT2D eigenvalue weighted by molar-refractivity contribution is -0.129. The lowest BCUT2D eigenvalue weighted by Crippen LogP contribution is -2.33. The molecule has 0 bridgehead atoms. The monoisotopic (exact) mass is 171 g/mol. The SMILES string of the molecule is CC(=O)N(C)C1CCC(CO)C1. The van der Waals surface area contributed by atoms with Crippen LogP contribution in [0.5, 0.6) is 0 Å². The van der Waals surface area contributed by atoms with Gasteiger partial charge in [-0.1, -0.05) is 0 Å². The van der Waals surface area contributed by atoms with Crippen molar-refractivity contribution in [2.75, 3.05) is 13.7 Å². The average molecular weight is 171 g/mol. The van der Waals surface area contributed by atoms with Crippen molar-refractivity contribution in [3.8, 4) is 0 Å². The Balaban J connectivity index is 2.41. The Morgan fingerprint density at radius 1 is 1.58 bits per heavy atom. The van der Waals surface area contributed by atoms with Crippen molar-refractivity contribution in [2.24, 2.45) is 5.92 Å². The van der Waals surface area contributed by atoms with Crippen LogP contribution in [0.25, 0.3) is 0 Å². The summed E-state index contributed by atoms with van der Waals surface area (Å²) in [6.07, 6.45) is 3.06. The number of hydrogen-bond donors (Lipinski definition) is 1. The Bertz CT molecular complexity index is 170. The number of carbonyl (C=O) groups is 1. The van der Waals surface area contributed by atoms with Crippen molar-refractivity contribution >= 4 is 5.91 Å². The minimum absolute atomic E-state index is 0.124. The number of carbonyl (C=O) groups excluding carboxylic acids is 1. The minimum Gasteiger partial charge on any atom is -0.396 e. The van der Waals surface area contributed by atoms with E-state index in [1.165, 1.54) is 0 Å². The predicted octanol–water partition coefficient (Wildman–Crippen LogP) is 0.626. The minimum atomic E-state index is 0.124. The highest BCUT2D eigenvalue weighted by Crippen LogP contribution is 2.28. The molecule has 0 aromatic heterocycles. The number of hydrogen-bond acceptors (Lipinski definition) is 2. The molecular weight excluding hydrogens is 154 g/mol. The van der Waals surface area contributed by atoms with Crippen molar-refractivity contribution in [3.05, 3.63) is 0 Å². The van der Waals surface area contributed by atoms with E-state index in [0.29, 0.717) is 12.0 Å². The first-order valence-corrected chi connectivity index (χ1v) is 4.49. The van der Waals surface area contributed by atoms with E-state index in [1.807, 2.05) is 7.05 Å². The topological polar surface area (TPSA) is 40.5 Å². The molecule has 0 aliphatic heterocycles. The fourth-order valence-corrected chi connectivity index (χ4v) is 1.82. The second-order valence-corrected chi connectivity index (χ2v) is 3.65. The van der Waals surface area contributed by atoms with Crippen LogP contribution in [0.2, 0.25) is 0 Å². The van der Waals surface area contributed by atoms with Gasteiger partial charge in [0.25, 0.3) is 0 Å². The Morgan fingerprint density at radius 2 is 2.25 bits per heavy atom. The zero-order valence-electron chi connectivity index (χ0n) is 7.79. The number of amides is 1. The maximum Gasteiger partial charge on any atom is 0.219 e. The molecule has 1 amide bonds. The first kappa shape index (κ1) is 9.52. The Hall–Kier alpha value is -0.570. The summed E-state index contributed by atoms with van der Waals surface area (Å²) in [7, 11) is 1.84. The van der Waals surface area contributed by atoms with Gasteiger partial charge in [-0.15, -0.1) is 0 Å². The van der Waals surface area contributed by atoms with Crippen molar-refractivity contribution in [3.63, 3.8) is 0 Å². The highest BCUT2D eigenvalue weighted by Gasteiger charge is 2.27. The van der Waals surface area contributed by atoms with Crippen LogP contribution in [-0.2, 0) is 4.79 Å². The molecule has 1 fully saturated rings. The maximum atomic E-state index is 11.0. The molecule has 1 N–H and O–H groups in total. The number of aliphatic hydroxyl groups is 1. The van der Waals surface area contributed by atoms with Gasteiger partial charge in [0.15, 0.2) is 0 Å². The number of aliphatic hydroxyl groups excluding tert-OH is 1. The highest BCUT2D eigenvalue weighted by molar-refractivity contribution is 5.73. The molecule has 0 aromatic carbocycles. The van der Waals surface area contributed by atoms with Gasteiger partial charge in [0, 0.05) is 26.6 Å². The summed E-state index contributed by atoms with van der Waals surface area (Å²) < 4.78 is 0. The molecule has 70 valence electrons. The summed E-state index contributed by atoms with van der Waals surface area (Å²) in [5.41, 5.74) is 0. The summed E-state index contributed by atoms with van der Waals surface area (Å²) in [5, 5.41) is 8.90. The molecule has 3 heteroatoms. The largest absolute Gasteiger partial charge is 0.396 e. The van der Waals surface area contributed by atoms with E-state index in [4.69, 9.17) is 5.11 Å². The van der Waals surface area contributed by atoms with Crippen LogP contribution in [0.3, 0.4) is 0 Å². The molecule has 0 radical (unpaired) electrons. The van der Waals surface area contributed by atoms with Gasteiger partial charge in [-0.05, 0) is 25.2 Å². The van der Waals surface area contributed by atoms with Crippen molar-refractivity contribution in [1.82, 2.24) is 4.90 Å². The van der Waals surface area contributed by atoms with E-state index in [-0.39, 0.29) is 12.5 Å². The summed E-state index contributed by atoms with van der Waals surface area (Å²) in [4.78, 5) is 12.8. The first-order valence-electron chi connectivity index (χ1n) is 4.49. The van der Waals surface area contributed by atoms with Gasteiger partial charge in [0.05, 0.1) is 0 Å². The van der Waals surface area contributed by atoms with E-state index in [0.717, 1.165) is 19.3 Å². The van der Waals surface area contributed by atoms with Gasteiger partial charge in [-0.25, -0.2) is 0 Å². The molecule has 1 aliphatic rings. The fourth-order valence-electron chi connectivity index (χ4n) is 1.82. The predicted molar refractivity (Wildman–Crippen MR) is 46.7 cm³/mol. The third-order valence-corrected chi connectivity index (χ3v) is 2.82. The van der Waals surface area contributed by atoms with E-state index in [9.17, 15) is 4.79 Å². The average Bonchev–Trinajstić information content (AvgIpc) is 2.50. The van der Waals surface area contributed by atoms with Crippen LogP contribution in [0.15, 0.2) is 0 Å². The highest BCUT2D eigenvalue weighted by atomic mass is 16.3. The molecule has 2 atom stereocenters. The molecule has 1 rings (SSSR count). The molecule has 1 saturated carbocycles. The Labute approximate surface area is 73.4 Å². The summed E-state index contributed by atoms with van der Waals surface area (Å²) in [5.74, 6) is 0.537. The van der Waals surface area contributed by atoms with Gasteiger partial charge in [0.1, 0.15) is 0 Å². The molecule has 12 heavy (non-hydrogen) atoms. The fraction of sp³-hybridized carbons (Fsp3) is 0.889. The molecule has 2 unspecified atom stereocenters. The van der Waals surface area contributed by atoms with Gasteiger partial charge in [0.2, 0.25) is 5.91 Å². The van der Waals surface area contributed by atoms with E-state index in [2.05, 4.69) is 0 Å². The Kier molecular flexibility index (Phi) is 3.09. The molecule has 0 aromatic rings. The Morgan fingerprint density at radius 3 is 2.67 bits per heavy atom. The van der Waals surface area contributed by atoms with Crippen LogP contribution in [0.4, 0.5) is 0 Å². The molecule has 0 spiro atoms. The van der Waals surface area contributed by atoms with Crippen molar-refractivity contribution in [1.29, 1.82) is 0 Å². The number of rotatable bonds is 2. The molecular formula is C9H17NO2. The van der Waals surface area contributed by atoms with Gasteiger partial charge < -0.3 is 10.0 Å². The van der Waals surface area contributed by atoms with Crippen LogP contribution >= 0.6 is 0 Å². The normalized spacial score (nSPS) is 28.9.